The highest BCUT2D eigenvalue weighted by molar-refractivity contribution is 5.78. The van der Waals surface area contributed by atoms with Crippen molar-refractivity contribution in [1.82, 2.24) is 20.0 Å². The number of aryl methyl sites for hydroxylation is 1. The van der Waals surface area contributed by atoms with Crippen LogP contribution >= 0.6 is 0 Å². The highest BCUT2D eigenvalue weighted by Crippen LogP contribution is 2.19. The first-order chi connectivity index (χ1) is 12.7. The fourth-order valence-corrected chi connectivity index (χ4v) is 3.32. The van der Waals surface area contributed by atoms with Gasteiger partial charge in [-0.1, -0.05) is 12.1 Å². The topological polar surface area (TPSA) is 59.4 Å². The summed E-state index contributed by atoms with van der Waals surface area (Å²) in [5, 5.41) is 7.61. The minimum Gasteiger partial charge on any atom is -0.497 e. The third-order valence-electron chi connectivity index (χ3n) is 4.99. The van der Waals surface area contributed by atoms with Crippen molar-refractivity contribution in [2.24, 2.45) is 5.92 Å². The minimum atomic E-state index is 0.109. The second kappa shape index (κ2) is 8.85. The van der Waals surface area contributed by atoms with Gasteiger partial charge in [-0.15, -0.1) is 0 Å². The van der Waals surface area contributed by atoms with Gasteiger partial charge in [-0.2, -0.15) is 5.10 Å². The fraction of sp³-hybridized carbons (Fsp3) is 0.500. The Balaban J connectivity index is 1.41. The zero-order valence-electron chi connectivity index (χ0n) is 15.6. The zero-order valence-corrected chi connectivity index (χ0v) is 15.6. The lowest BCUT2D eigenvalue weighted by atomic mass is 9.95. The Labute approximate surface area is 155 Å². The molecule has 1 aromatic heterocycles. The Kier molecular flexibility index (Phi) is 6.28. The number of methoxy groups -OCH3 is 1. The van der Waals surface area contributed by atoms with Crippen LogP contribution in [0.25, 0.3) is 0 Å². The Bertz CT molecular complexity index is 703. The number of benzene rings is 1. The number of carbonyl (C=O) groups is 1. The molecule has 2 aromatic rings. The Hall–Kier alpha value is -2.34. The molecule has 1 aliphatic rings. The van der Waals surface area contributed by atoms with Crippen LogP contribution in [0.2, 0.25) is 0 Å². The number of hydrogen-bond acceptors (Lipinski definition) is 4. The maximum absolute atomic E-state index is 12.4. The molecule has 1 saturated heterocycles. The summed E-state index contributed by atoms with van der Waals surface area (Å²) in [6.07, 6.45) is 3.83. The first-order valence-corrected chi connectivity index (χ1v) is 9.33. The lowest BCUT2D eigenvalue weighted by molar-refractivity contribution is -0.126. The van der Waals surface area contributed by atoms with Crippen molar-refractivity contribution < 1.29 is 9.53 Å². The molecule has 6 heteroatoms. The van der Waals surface area contributed by atoms with Crippen LogP contribution in [-0.2, 0) is 24.4 Å². The van der Waals surface area contributed by atoms with E-state index in [2.05, 4.69) is 28.3 Å². The van der Waals surface area contributed by atoms with E-state index in [-0.39, 0.29) is 11.8 Å². The van der Waals surface area contributed by atoms with E-state index in [0.717, 1.165) is 56.0 Å². The van der Waals surface area contributed by atoms with Crippen molar-refractivity contribution >= 4 is 5.91 Å². The molecule has 0 bridgehead atoms. The molecule has 0 radical (unpaired) electrons. The van der Waals surface area contributed by atoms with Gasteiger partial charge in [0.05, 0.1) is 12.8 Å². The summed E-state index contributed by atoms with van der Waals surface area (Å²) in [6.45, 7) is 6.31. The van der Waals surface area contributed by atoms with Crippen molar-refractivity contribution in [2.45, 2.75) is 39.4 Å². The fourth-order valence-electron chi connectivity index (χ4n) is 3.32. The van der Waals surface area contributed by atoms with Crippen LogP contribution in [0.1, 0.15) is 31.0 Å². The number of carbonyl (C=O) groups excluding carboxylic acids is 1. The van der Waals surface area contributed by atoms with Gasteiger partial charge in [0.1, 0.15) is 5.75 Å². The Morgan fingerprint density at radius 1 is 1.23 bits per heavy atom. The van der Waals surface area contributed by atoms with E-state index in [1.165, 1.54) is 0 Å². The van der Waals surface area contributed by atoms with Crippen LogP contribution < -0.4 is 10.1 Å². The molecule has 0 spiro atoms. The predicted octanol–water partition coefficient (Wildman–Crippen LogP) is 2.44. The van der Waals surface area contributed by atoms with Gasteiger partial charge in [-0.25, -0.2) is 0 Å². The van der Waals surface area contributed by atoms with E-state index in [1.54, 1.807) is 7.11 Å². The molecule has 26 heavy (non-hydrogen) atoms. The molecule has 0 atom stereocenters. The van der Waals surface area contributed by atoms with Gasteiger partial charge in [0.25, 0.3) is 0 Å². The lowest BCUT2D eigenvalue weighted by Crippen LogP contribution is -2.40. The first kappa shape index (κ1) is 18.5. The molecule has 1 N–H and O–H groups in total. The molecular formula is C20H28N4O2. The summed E-state index contributed by atoms with van der Waals surface area (Å²) in [7, 11) is 1.65. The molecule has 0 aliphatic carbocycles. The largest absolute Gasteiger partial charge is 0.497 e. The monoisotopic (exact) mass is 356 g/mol. The summed E-state index contributed by atoms with van der Waals surface area (Å²) in [6, 6.07) is 9.88. The van der Waals surface area contributed by atoms with Gasteiger partial charge in [0.15, 0.2) is 0 Å². The molecule has 0 saturated carbocycles. The number of ether oxygens (including phenoxy) is 1. The van der Waals surface area contributed by atoms with Crippen LogP contribution in [0.3, 0.4) is 0 Å². The molecule has 1 aliphatic heterocycles. The van der Waals surface area contributed by atoms with Gasteiger partial charge in [0.2, 0.25) is 5.91 Å². The maximum Gasteiger partial charge on any atom is 0.223 e. The van der Waals surface area contributed by atoms with Crippen LogP contribution in [0.5, 0.6) is 5.75 Å². The average Bonchev–Trinajstić information content (AvgIpc) is 3.14. The van der Waals surface area contributed by atoms with E-state index in [9.17, 15) is 4.79 Å². The van der Waals surface area contributed by atoms with E-state index in [0.29, 0.717) is 6.54 Å². The van der Waals surface area contributed by atoms with Crippen molar-refractivity contribution in [3.63, 3.8) is 0 Å². The van der Waals surface area contributed by atoms with Crippen LogP contribution in [0.15, 0.2) is 36.5 Å². The Morgan fingerprint density at radius 3 is 2.58 bits per heavy atom. The van der Waals surface area contributed by atoms with Crippen LogP contribution in [0.4, 0.5) is 0 Å². The van der Waals surface area contributed by atoms with E-state index in [4.69, 9.17) is 4.74 Å². The van der Waals surface area contributed by atoms with Gasteiger partial charge in [-0.3, -0.25) is 14.4 Å². The summed E-state index contributed by atoms with van der Waals surface area (Å²) in [5.74, 6) is 1.10. The highest BCUT2D eigenvalue weighted by atomic mass is 16.5. The number of aromatic nitrogens is 2. The maximum atomic E-state index is 12.4. The third kappa shape index (κ3) is 4.85. The highest BCUT2D eigenvalue weighted by Gasteiger charge is 2.25. The minimum absolute atomic E-state index is 0.109. The Morgan fingerprint density at radius 2 is 1.96 bits per heavy atom. The molecule has 6 nitrogen and oxygen atoms in total. The normalized spacial score (nSPS) is 15.8. The van der Waals surface area contributed by atoms with Crippen LogP contribution in [-0.4, -0.2) is 40.8 Å². The van der Waals surface area contributed by atoms with Gasteiger partial charge >= 0.3 is 0 Å². The second-order valence-corrected chi connectivity index (χ2v) is 6.78. The number of piperidine rings is 1. The zero-order chi connectivity index (χ0) is 18.4. The smallest absolute Gasteiger partial charge is 0.223 e. The molecule has 0 unspecified atom stereocenters. The predicted molar refractivity (Wildman–Crippen MR) is 101 cm³/mol. The van der Waals surface area contributed by atoms with E-state index in [1.807, 2.05) is 35.1 Å². The molecule has 140 valence electrons. The third-order valence-corrected chi connectivity index (χ3v) is 4.99. The summed E-state index contributed by atoms with van der Waals surface area (Å²) < 4.78 is 7.11. The molecular weight excluding hydrogens is 328 g/mol. The number of likely N-dealkylation sites (tertiary alicyclic amines) is 1. The van der Waals surface area contributed by atoms with E-state index >= 15 is 0 Å². The number of nitrogens with one attached hydrogen (secondary N) is 1. The summed E-state index contributed by atoms with van der Waals surface area (Å²) in [5.41, 5.74) is 2.19. The van der Waals surface area contributed by atoms with Gasteiger partial charge in [0, 0.05) is 31.7 Å². The first-order valence-electron chi connectivity index (χ1n) is 9.33. The van der Waals surface area contributed by atoms with Crippen molar-refractivity contribution in [1.29, 1.82) is 0 Å². The standard InChI is InChI=1S/C20H28N4O2/c1-3-24-13-10-18(22-24)15-23-11-8-17(9-12-23)20(25)21-14-16-4-6-19(26-2)7-5-16/h4-7,10,13,17H,3,8-9,11-12,14-15H2,1-2H3,(H,21,25). The lowest BCUT2D eigenvalue weighted by Gasteiger charge is -2.30. The molecule has 1 aromatic carbocycles. The SMILES string of the molecule is CCn1ccc(CN2CCC(C(=O)NCc3ccc(OC)cc3)CC2)n1. The number of hydrogen-bond donors (Lipinski definition) is 1. The van der Waals surface area contributed by atoms with E-state index < -0.39 is 0 Å². The van der Waals surface area contributed by atoms with Gasteiger partial charge in [-0.05, 0) is 56.6 Å². The van der Waals surface area contributed by atoms with Crippen molar-refractivity contribution in [3.8, 4) is 5.75 Å². The molecule has 1 fully saturated rings. The van der Waals surface area contributed by atoms with Crippen molar-refractivity contribution in [2.75, 3.05) is 20.2 Å². The quantitative estimate of drug-likeness (QED) is 0.828. The van der Waals surface area contributed by atoms with Crippen molar-refractivity contribution in [3.05, 3.63) is 47.8 Å². The molecule has 1 amide bonds. The molecule has 2 heterocycles. The number of rotatable bonds is 7. The van der Waals surface area contributed by atoms with Gasteiger partial charge < -0.3 is 10.1 Å². The average molecular weight is 356 g/mol. The number of amides is 1. The summed E-state index contributed by atoms with van der Waals surface area (Å²) in [4.78, 5) is 14.8. The second-order valence-electron chi connectivity index (χ2n) is 6.78. The number of nitrogens with zero attached hydrogens (tertiary/aromatic N) is 3. The molecule has 3 rings (SSSR count). The summed E-state index contributed by atoms with van der Waals surface area (Å²) >= 11 is 0. The van der Waals surface area contributed by atoms with Crippen LogP contribution in [0, 0.1) is 5.92 Å².